The van der Waals surface area contributed by atoms with Crippen LogP contribution in [0.2, 0.25) is 0 Å². The molecule has 0 bridgehead atoms. The van der Waals surface area contributed by atoms with E-state index in [0.717, 1.165) is 60.7 Å². The summed E-state index contributed by atoms with van der Waals surface area (Å²) in [4.78, 5) is 20.9. The van der Waals surface area contributed by atoms with Crippen LogP contribution in [0.25, 0.3) is 11.1 Å². The van der Waals surface area contributed by atoms with Crippen LogP contribution in [0.4, 0.5) is 10.1 Å². The van der Waals surface area contributed by atoms with Gasteiger partial charge in [-0.05, 0) is 92.7 Å². The van der Waals surface area contributed by atoms with Crippen LogP contribution in [0.5, 0.6) is 17.4 Å². The van der Waals surface area contributed by atoms with Gasteiger partial charge in [0.25, 0.3) is 0 Å². The Morgan fingerprint density at radius 3 is 2.29 bits per heavy atom. The number of likely N-dealkylation sites (tertiary alicyclic amines) is 1. The van der Waals surface area contributed by atoms with Gasteiger partial charge in [-0.15, -0.1) is 0 Å². The van der Waals surface area contributed by atoms with Crippen LogP contribution >= 0.6 is 0 Å². The number of pyridine rings is 1. The molecule has 7 nitrogen and oxygen atoms in total. The lowest BCUT2D eigenvalue weighted by Crippen LogP contribution is -2.41. The SMILES string of the molecule is CCOc1cc(CN2CCC3(CC2)CC(=O)N(c2cccnc2O)C3)cc(OCC)c1-c1ccc(F)cc1. The number of benzene rings is 2. The summed E-state index contributed by atoms with van der Waals surface area (Å²) in [7, 11) is 0. The van der Waals surface area contributed by atoms with Crippen molar-refractivity contribution in [2.24, 2.45) is 5.41 Å². The van der Waals surface area contributed by atoms with Crippen LogP contribution in [0.3, 0.4) is 0 Å². The number of carbonyl (C=O) groups is 1. The van der Waals surface area contributed by atoms with Gasteiger partial charge in [0.2, 0.25) is 11.8 Å². The molecule has 2 fully saturated rings. The highest BCUT2D eigenvalue weighted by molar-refractivity contribution is 5.97. The van der Waals surface area contributed by atoms with E-state index in [1.165, 1.54) is 18.3 Å². The van der Waals surface area contributed by atoms with Crippen LogP contribution in [0.1, 0.15) is 38.7 Å². The Morgan fingerprint density at radius 1 is 1.03 bits per heavy atom. The van der Waals surface area contributed by atoms with Crippen molar-refractivity contribution in [1.82, 2.24) is 9.88 Å². The highest BCUT2D eigenvalue weighted by Gasteiger charge is 2.46. The molecule has 2 aromatic carbocycles. The van der Waals surface area contributed by atoms with E-state index in [-0.39, 0.29) is 23.0 Å². The smallest absolute Gasteiger partial charge is 0.235 e. The predicted molar refractivity (Wildman–Crippen MR) is 144 cm³/mol. The van der Waals surface area contributed by atoms with Crippen LogP contribution in [0.15, 0.2) is 54.7 Å². The van der Waals surface area contributed by atoms with Gasteiger partial charge in [-0.1, -0.05) is 12.1 Å². The molecule has 38 heavy (non-hydrogen) atoms. The van der Waals surface area contributed by atoms with Gasteiger partial charge < -0.3 is 19.5 Å². The first-order valence-corrected chi connectivity index (χ1v) is 13.3. The zero-order chi connectivity index (χ0) is 26.7. The molecule has 3 heterocycles. The lowest BCUT2D eigenvalue weighted by molar-refractivity contribution is -0.118. The zero-order valence-electron chi connectivity index (χ0n) is 22.0. The number of hydrogen-bond donors (Lipinski definition) is 1. The number of carbonyl (C=O) groups excluding carboxylic acids is 1. The predicted octanol–water partition coefficient (Wildman–Crippen LogP) is 5.41. The average Bonchev–Trinajstić information content (AvgIpc) is 3.22. The molecule has 0 atom stereocenters. The summed E-state index contributed by atoms with van der Waals surface area (Å²) in [6, 6.07) is 14.0. The Hall–Kier alpha value is -3.65. The quantitative estimate of drug-likeness (QED) is 0.429. The highest BCUT2D eigenvalue weighted by Crippen LogP contribution is 2.45. The van der Waals surface area contributed by atoms with Crippen molar-refractivity contribution in [3.63, 3.8) is 0 Å². The molecule has 5 rings (SSSR count). The molecule has 0 unspecified atom stereocenters. The first-order chi connectivity index (χ1) is 18.4. The van der Waals surface area contributed by atoms with E-state index in [1.54, 1.807) is 29.2 Å². The molecule has 200 valence electrons. The molecule has 2 saturated heterocycles. The Balaban J connectivity index is 1.32. The second-order valence-corrected chi connectivity index (χ2v) is 10.1. The van der Waals surface area contributed by atoms with Crippen LogP contribution in [-0.4, -0.2) is 53.7 Å². The first kappa shape index (κ1) is 26.0. The zero-order valence-corrected chi connectivity index (χ0v) is 22.0. The number of nitrogens with zero attached hydrogens (tertiary/aromatic N) is 3. The first-order valence-electron chi connectivity index (χ1n) is 13.3. The van der Waals surface area contributed by atoms with E-state index < -0.39 is 0 Å². The maximum Gasteiger partial charge on any atom is 0.235 e. The third-order valence-corrected chi connectivity index (χ3v) is 7.56. The van der Waals surface area contributed by atoms with Crippen LogP contribution in [-0.2, 0) is 11.3 Å². The van der Waals surface area contributed by atoms with Gasteiger partial charge in [0.15, 0.2) is 0 Å². The van der Waals surface area contributed by atoms with E-state index >= 15 is 0 Å². The van der Waals surface area contributed by atoms with Gasteiger partial charge >= 0.3 is 0 Å². The second kappa shape index (κ2) is 11.0. The summed E-state index contributed by atoms with van der Waals surface area (Å²) in [5, 5.41) is 10.2. The van der Waals surface area contributed by atoms with Crippen LogP contribution < -0.4 is 14.4 Å². The molecule has 1 spiro atoms. The molecular weight excluding hydrogens is 485 g/mol. The summed E-state index contributed by atoms with van der Waals surface area (Å²) >= 11 is 0. The second-order valence-electron chi connectivity index (χ2n) is 10.1. The van der Waals surface area contributed by atoms with Crippen molar-refractivity contribution in [2.75, 3.05) is 37.7 Å². The summed E-state index contributed by atoms with van der Waals surface area (Å²) in [5.74, 6) is 1.10. The molecule has 3 aromatic rings. The largest absolute Gasteiger partial charge is 0.493 e. The van der Waals surface area contributed by atoms with Crippen molar-refractivity contribution in [1.29, 1.82) is 0 Å². The number of piperidine rings is 1. The number of ether oxygens (including phenoxy) is 2. The Morgan fingerprint density at radius 2 is 1.68 bits per heavy atom. The number of amides is 1. The minimum absolute atomic E-state index is 0.0424. The van der Waals surface area contributed by atoms with Crippen molar-refractivity contribution in [3.8, 4) is 28.5 Å². The summed E-state index contributed by atoms with van der Waals surface area (Å²) in [5.41, 5.74) is 3.17. The van der Waals surface area contributed by atoms with Crippen molar-refractivity contribution >= 4 is 11.6 Å². The number of aromatic nitrogens is 1. The molecule has 0 radical (unpaired) electrons. The molecule has 8 heteroatoms. The van der Waals surface area contributed by atoms with E-state index in [9.17, 15) is 14.3 Å². The van der Waals surface area contributed by atoms with Gasteiger partial charge in [0.1, 0.15) is 23.0 Å². The fourth-order valence-corrected chi connectivity index (χ4v) is 5.67. The van der Waals surface area contributed by atoms with Gasteiger partial charge in [0, 0.05) is 25.7 Å². The average molecular weight is 520 g/mol. The molecule has 0 aliphatic carbocycles. The third kappa shape index (κ3) is 5.31. The fraction of sp³-hybridized carbons (Fsp3) is 0.400. The minimum atomic E-state index is -0.284. The van der Waals surface area contributed by atoms with Gasteiger partial charge in [-0.25, -0.2) is 9.37 Å². The maximum absolute atomic E-state index is 13.6. The molecular formula is C30H34FN3O4. The molecule has 1 N–H and O–H groups in total. The van der Waals surface area contributed by atoms with E-state index in [4.69, 9.17) is 9.47 Å². The van der Waals surface area contributed by atoms with Gasteiger partial charge in [-0.3, -0.25) is 9.69 Å². The third-order valence-electron chi connectivity index (χ3n) is 7.56. The van der Waals surface area contributed by atoms with E-state index in [1.807, 2.05) is 13.8 Å². The molecule has 2 aliphatic rings. The van der Waals surface area contributed by atoms with Crippen LogP contribution in [0, 0.1) is 11.2 Å². The lowest BCUT2D eigenvalue weighted by atomic mass is 9.77. The maximum atomic E-state index is 13.6. The Labute approximate surface area is 222 Å². The van der Waals surface area contributed by atoms with E-state index in [2.05, 4.69) is 22.0 Å². The van der Waals surface area contributed by atoms with Crippen molar-refractivity contribution < 1.29 is 23.8 Å². The standard InChI is InChI=1S/C30H34FN3O4/c1-3-37-25-16-21(17-26(38-4-2)28(25)22-7-9-23(31)10-8-22)19-33-14-11-30(12-15-33)18-27(35)34(20-30)24-6-5-13-32-29(24)36/h5-10,13,16-17H,3-4,11-12,14-15,18-20H2,1-2H3,(H,32,36). The number of aromatic hydroxyl groups is 1. The van der Waals surface area contributed by atoms with Crippen molar-refractivity contribution in [3.05, 3.63) is 66.1 Å². The summed E-state index contributed by atoms with van der Waals surface area (Å²) in [6.45, 7) is 7.99. The highest BCUT2D eigenvalue weighted by atomic mass is 19.1. The number of anilines is 1. The molecule has 2 aliphatic heterocycles. The number of rotatable bonds is 8. The Bertz CT molecular complexity index is 1260. The fourth-order valence-electron chi connectivity index (χ4n) is 5.67. The summed E-state index contributed by atoms with van der Waals surface area (Å²) < 4.78 is 25.6. The normalized spacial score (nSPS) is 17.2. The van der Waals surface area contributed by atoms with Gasteiger partial charge in [0.05, 0.1) is 18.8 Å². The van der Waals surface area contributed by atoms with Gasteiger partial charge in [-0.2, -0.15) is 0 Å². The topological polar surface area (TPSA) is 75.1 Å². The number of halogens is 1. The number of hydrogen-bond acceptors (Lipinski definition) is 6. The molecule has 1 aromatic heterocycles. The minimum Gasteiger partial charge on any atom is -0.493 e. The van der Waals surface area contributed by atoms with Crippen molar-refractivity contribution in [2.45, 2.75) is 39.7 Å². The summed E-state index contributed by atoms with van der Waals surface area (Å²) in [6.07, 6.45) is 3.82. The van der Waals surface area contributed by atoms with E-state index in [0.29, 0.717) is 31.9 Å². The molecule has 1 amide bonds. The lowest BCUT2D eigenvalue weighted by Gasteiger charge is -2.39. The Kier molecular flexibility index (Phi) is 7.51. The molecule has 0 saturated carbocycles. The monoisotopic (exact) mass is 519 g/mol.